The number of hydrogen-bond donors (Lipinski definition) is 1. The monoisotopic (exact) mass is 408 g/mol. The lowest BCUT2D eigenvalue weighted by molar-refractivity contribution is -0.509. The lowest BCUT2D eigenvalue weighted by Gasteiger charge is -2.27. The maximum atomic E-state index is 12.6. The maximum Gasteiger partial charge on any atom is 0.502 e. The van der Waals surface area contributed by atoms with Gasteiger partial charge in [-0.15, -0.1) is 0 Å². The first kappa shape index (κ1) is 19.6. The third-order valence-corrected chi connectivity index (χ3v) is 5.18. The van der Waals surface area contributed by atoms with Crippen molar-refractivity contribution in [1.29, 1.82) is 0 Å². The highest BCUT2D eigenvalue weighted by Gasteiger charge is 2.49. The average Bonchev–Trinajstić information content (AvgIpc) is 3.17. The molecule has 4 rings (SSSR count). The van der Waals surface area contributed by atoms with E-state index < -0.39 is 24.0 Å². The summed E-state index contributed by atoms with van der Waals surface area (Å²) in [6.45, 7) is 2.45. The van der Waals surface area contributed by atoms with E-state index in [-0.39, 0.29) is 6.54 Å². The minimum absolute atomic E-state index is 0.334. The number of amides is 3. The molecule has 0 aromatic heterocycles. The Morgan fingerprint density at radius 1 is 1.13 bits per heavy atom. The SMILES string of the molecule is COc1ccc(N2CCN3C(=O)C(=O)[N+](CC(=O)Nc4ccccc4C)=NC32)cc1. The Hall–Kier alpha value is -3.75. The molecule has 2 heterocycles. The van der Waals surface area contributed by atoms with Crippen LogP contribution in [-0.2, 0) is 14.4 Å². The van der Waals surface area contributed by atoms with Crippen LogP contribution in [0, 0.1) is 6.92 Å². The van der Waals surface area contributed by atoms with E-state index in [1.165, 1.54) is 4.90 Å². The highest BCUT2D eigenvalue weighted by Crippen LogP contribution is 2.28. The number of fused-ring (bicyclic) bond motifs is 1. The molecule has 1 saturated heterocycles. The Morgan fingerprint density at radius 2 is 1.83 bits per heavy atom. The molecular weight excluding hydrogens is 386 g/mol. The number of benzene rings is 2. The summed E-state index contributed by atoms with van der Waals surface area (Å²) in [5.74, 6) is -1.16. The van der Waals surface area contributed by atoms with Gasteiger partial charge in [0.15, 0.2) is 0 Å². The first-order valence-corrected chi connectivity index (χ1v) is 9.57. The molecule has 1 unspecified atom stereocenters. The standard InChI is InChI=1S/C21H21N5O4/c1-14-5-3-4-6-17(14)22-18(27)13-26-20(29)19(28)25-12-11-24(21(25)23-26)15-7-9-16(30-2)10-8-15/h3-10,21H,11-13H2,1-2H3/p+1. The first-order valence-electron chi connectivity index (χ1n) is 9.57. The molecule has 0 bridgehead atoms. The normalized spacial score (nSPS) is 18.2. The molecule has 2 aromatic rings. The van der Waals surface area contributed by atoms with Crippen LogP contribution in [0.4, 0.5) is 11.4 Å². The molecule has 0 aliphatic carbocycles. The minimum atomic E-state index is -0.803. The summed E-state index contributed by atoms with van der Waals surface area (Å²) in [5, 5.41) is 7.17. The van der Waals surface area contributed by atoms with E-state index >= 15 is 0 Å². The number of hydrogen-bond acceptors (Lipinski definition) is 6. The van der Waals surface area contributed by atoms with Crippen LogP contribution in [0.5, 0.6) is 5.75 Å². The number of rotatable bonds is 5. The second kappa shape index (κ2) is 7.94. The quantitative estimate of drug-likeness (QED) is 0.599. The molecule has 3 amide bonds. The van der Waals surface area contributed by atoms with E-state index in [1.807, 2.05) is 54.3 Å². The molecule has 9 nitrogen and oxygen atoms in total. The fraction of sp³-hybridized carbons (Fsp3) is 0.286. The molecule has 2 aromatic carbocycles. The molecule has 0 radical (unpaired) electrons. The van der Waals surface area contributed by atoms with Gasteiger partial charge in [-0.3, -0.25) is 14.5 Å². The fourth-order valence-electron chi connectivity index (χ4n) is 3.54. The average molecular weight is 408 g/mol. The summed E-state index contributed by atoms with van der Waals surface area (Å²) in [6.07, 6.45) is -0.671. The van der Waals surface area contributed by atoms with Crippen LogP contribution in [0.15, 0.2) is 53.6 Å². The predicted octanol–water partition coefficient (Wildman–Crippen LogP) is 1.58. The van der Waals surface area contributed by atoms with Crippen molar-refractivity contribution in [2.24, 2.45) is 5.11 Å². The van der Waals surface area contributed by atoms with Crippen molar-refractivity contribution in [3.63, 3.8) is 0 Å². The van der Waals surface area contributed by atoms with Gasteiger partial charge in [-0.2, -0.15) is 0 Å². The Kier molecular flexibility index (Phi) is 5.18. The molecule has 9 heteroatoms. The van der Waals surface area contributed by atoms with Crippen LogP contribution in [0.2, 0.25) is 0 Å². The van der Waals surface area contributed by atoms with Gasteiger partial charge in [-0.05, 0) is 47.5 Å². The van der Waals surface area contributed by atoms with E-state index in [0.29, 0.717) is 18.8 Å². The molecule has 0 saturated carbocycles. The number of nitrogens with zero attached hydrogens (tertiary/aromatic N) is 4. The fourth-order valence-corrected chi connectivity index (χ4v) is 3.54. The third kappa shape index (κ3) is 3.61. The van der Waals surface area contributed by atoms with Crippen molar-refractivity contribution in [3.8, 4) is 5.75 Å². The van der Waals surface area contributed by atoms with Gasteiger partial charge in [0, 0.05) is 29.6 Å². The van der Waals surface area contributed by atoms with Crippen molar-refractivity contribution >= 4 is 29.1 Å². The summed E-state index contributed by atoms with van der Waals surface area (Å²) in [5.41, 5.74) is 2.40. The second-order valence-electron chi connectivity index (χ2n) is 7.08. The Labute approximate surface area is 173 Å². The lowest BCUT2D eigenvalue weighted by atomic mass is 10.2. The van der Waals surface area contributed by atoms with Crippen molar-refractivity contribution in [2.45, 2.75) is 13.2 Å². The van der Waals surface area contributed by atoms with E-state index in [0.717, 1.165) is 21.7 Å². The summed E-state index contributed by atoms with van der Waals surface area (Å²) in [4.78, 5) is 40.9. The molecular formula is C21H22N5O4+. The lowest BCUT2D eigenvalue weighted by Crippen LogP contribution is -2.52. The molecule has 2 aliphatic heterocycles. The van der Waals surface area contributed by atoms with Crippen molar-refractivity contribution in [2.75, 3.05) is 37.0 Å². The Balaban J connectivity index is 1.55. The number of ether oxygens (including phenoxy) is 1. The second-order valence-corrected chi connectivity index (χ2v) is 7.08. The van der Waals surface area contributed by atoms with Gasteiger partial charge in [0.05, 0.1) is 7.11 Å². The zero-order valence-corrected chi connectivity index (χ0v) is 16.7. The molecule has 1 fully saturated rings. The predicted molar refractivity (Wildman–Crippen MR) is 108 cm³/mol. The van der Waals surface area contributed by atoms with Gasteiger partial charge in [0.1, 0.15) is 5.75 Å². The van der Waals surface area contributed by atoms with Crippen LogP contribution in [0.3, 0.4) is 0 Å². The van der Waals surface area contributed by atoms with Crippen LogP contribution in [0.25, 0.3) is 0 Å². The third-order valence-electron chi connectivity index (χ3n) is 5.18. The van der Waals surface area contributed by atoms with Crippen LogP contribution < -0.4 is 15.0 Å². The number of anilines is 2. The highest BCUT2D eigenvalue weighted by atomic mass is 16.5. The number of carbonyl (C=O) groups excluding carboxylic acids is 3. The van der Waals surface area contributed by atoms with E-state index in [2.05, 4.69) is 10.4 Å². The van der Waals surface area contributed by atoms with Gasteiger partial charge in [-0.25, -0.2) is 4.79 Å². The van der Waals surface area contributed by atoms with E-state index in [1.54, 1.807) is 13.2 Å². The van der Waals surface area contributed by atoms with Gasteiger partial charge in [0.2, 0.25) is 0 Å². The van der Waals surface area contributed by atoms with Crippen molar-refractivity contribution in [1.82, 2.24) is 4.90 Å². The molecule has 1 N–H and O–H groups in total. The number of carbonyl (C=O) groups is 3. The molecule has 30 heavy (non-hydrogen) atoms. The molecule has 2 aliphatic rings. The molecule has 154 valence electrons. The minimum Gasteiger partial charge on any atom is -0.497 e. The Bertz CT molecular complexity index is 1030. The largest absolute Gasteiger partial charge is 0.502 e. The number of azo groups is 2. The Morgan fingerprint density at radius 3 is 2.53 bits per heavy atom. The summed E-state index contributed by atoms with van der Waals surface area (Å²) in [7, 11) is 1.59. The van der Waals surface area contributed by atoms with E-state index in [9.17, 15) is 14.4 Å². The van der Waals surface area contributed by atoms with Gasteiger partial charge >= 0.3 is 11.8 Å². The van der Waals surface area contributed by atoms with Crippen LogP contribution in [-0.4, -0.2) is 60.4 Å². The van der Waals surface area contributed by atoms with Gasteiger partial charge in [-0.1, -0.05) is 18.2 Å². The maximum absolute atomic E-state index is 12.6. The number of methoxy groups -OCH3 is 1. The summed E-state index contributed by atoms with van der Waals surface area (Å²) in [6, 6.07) is 14.7. The van der Waals surface area contributed by atoms with Crippen LogP contribution >= 0.6 is 0 Å². The number of nitrogens with one attached hydrogen (secondary N) is 1. The summed E-state index contributed by atoms with van der Waals surface area (Å²) < 4.78 is 6.14. The summed E-state index contributed by atoms with van der Waals surface area (Å²) >= 11 is 0. The van der Waals surface area contributed by atoms with Gasteiger partial charge < -0.3 is 15.0 Å². The number of aryl methyl sites for hydroxylation is 1. The zero-order chi connectivity index (χ0) is 21.3. The molecule has 1 atom stereocenters. The highest BCUT2D eigenvalue weighted by molar-refractivity contribution is 6.32. The van der Waals surface area contributed by atoms with Crippen molar-refractivity contribution in [3.05, 3.63) is 54.1 Å². The van der Waals surface area contributed by atoms with E-state index in [4.69, 9.17) is 4.74 Å². The number of para-hydroxylation sites is 1. The topological polar surface area (TPSA) is 94.3 Å². The first-order chi connectivity index (χ1) is 14.5. The van der Waals surface area contributed by atoms with Crippen molar-refractivity contribution < 1.29 is 23.8 Å². The zero-order valence-electron chi connectivity index (χ0n) is 16.7. The van der Waals surface area contributed by atoms with Gasteiger partial charge in [0.25, 0.3) is 18.7 Å². The molecule has 0 spiro atoms. The smallest absolute Gasteiger partial charge is 0.497 e. The van der Waals surface area contributed by atoms with Crippen LogP contribution in [0.1, 0.15) is 5.56 Å².